The van der Waals surface area contributed by atoms with E-state index in [0.29, 0.717) is 31.5 Å². The van der Waals surface area contributed by atoms with E-state index >= 15 is 0 Å². The smallest absolute Gasteiger partial charge is 0.243 e. The third kappa shape index (κ3) is 9.77. The average Bonchev–Trinajstić information content (AvgIpc) is 3.53. The predicted octanol–water partition coefficient (Wildman–Crippen LogP) is 3.72. The number of amides is 3. The molecule has 9 nitrogen and oxygen atoms in total. The highest BCUT2D eigenvalue weighted by Gasteiger charge is 2.29. The van der Waals surface area contributed by atoms with Crippen LogP contribution in [0.25, 0.3) is 10.8 Å². The maximum absolute atomic E-state index is 13.9. The zero-order valence-electron chi connectivity index (χ0n) is 25.5. The molecular formula is C35H43N5O4. The third-order valence-corrected chi connectivity index (χ3v) is 7.66. The minimum absolute atomic E-state index is 0.0329. The molecule has 232 valence electrons. The van der Waals surface area contributed by atoms with E-state index in [9.17, 15) is 19.5 Å². The lowest BCUT2D eigenvalue weighted by molar-refractivity contribution is -0.133. The molecule has 0 aliphatic rings. The van der Waals surface area contributed by atoms with E-state index in [0.717, 1.165) is 21.9 Å². The number of aliphatic hydroxyl groups is 1. The first-order valence-electron chi connectivity index (χ1n) is 15.3. The number of fused-ring (bicyclic) bond motifs is 1. The van der Waals surface area contributed by atoms with Crippen molar-refractivity contribution in [3.63, 3.8) is 0 Å². The zero-order chi connectivity index (χ0) is 31.3. The van der Waals surface area contributed by atoms with Crippen LogP contribution in [0.15, 0.2) is 85.3 Å². The Kier molecular flexibility index (Phi) is 12.1. The Morgan fingerprint density at radius 3 is 2.36 bits per heavy atom. The van der Waals surface area contributed by atoms with E-state index in [1.807, 2.05) is 86.6 Å². The number of hydrogen-bond donors (Lipinski definition) is 5. The maximum atomic E-state index is 13.9. The van der Waals surface area contributed by atoms with Crippen molar-refractivity contribution in [3.8, 4) is 0 Å². The molecule has 44 heavy (non-hydrogen) atoms. The summed E-state index contributed by atoms with van der Waals surface area (Å²) in [4.78, 5) is 47.6. The highest BCUT2D eigenvalue weighted by molar-refractivity contribution is 5.92. The van der Waals surface area contributed by atoms with Crippen LogP contribution in [0.4, 0.5) is 0 Å². The Balaban J connectivity index is 1.52. The van der Waals surface area contributed by atoms with Crippen LogP contribution in [0, 0.1) is 11.8 Å². The molecule has 3 aromatic carbocycles. The summed E-state index contributed by atoms with van der Waals surface area (Å²) in [7, 11) is 0. The molecule has 1 aromatic heterocycles. The van der Waals surface area contributed by atoms with Crippen LogP contribution in [0.3, 0.4) is 0 Å². The van der Waals surface area contributed by atoms with E-state index in [-0.39, 0.29) is 37.2 Å². The van der Waals surface area contributed by atoms with Gasteiger partial charge in [0.15, 0.2) is 0 Å². The second-order valence-electron chi connectivity index (χ2n) is 11.7. The van der Waals surface area contributed by atoms with E-state index in [2.05, 4.69) is 25.9 Å². The van der Waals surface area contributed by atoms with Gasteiger partial charge in [0.2, 0.25) is 17.7 Å². The van der Waals surface area contributed by atoms with E-state index < -0.39 is 23.9 Å². The summed E-state index contributed by atoms with van der Waals surface area (Å²) < 4.78 is 0. The largest absolute Gasteiger partial charge is 0.394 e. The first-order chi connectivity index (χ1) is 21.3. The fraction of sp³-hybridized carbons (Fsp3) is 0.371. The summed E-state index contributed by atoms with van der Waals surface area (Å²) in [6, 6.07) is 22.4. The topological polar surface area (TPSA) is 136 Å². The summed E-state index contributed by atoms with van der Waals surface area (Å²) in [5, 5.41) is 20.7. The summed E-state index contributed by atoms with van der Waals surface area (Å²) in [6.07, 6.45) is 4.88. The van der Waals surface area contributed by atoms with Crippen molar-refractivity contribution in [2.24, 2.45) is 11.8 Å². The number of aromatic amines is 1. The fourth-order valence-corrected chi connectivity index (χ4v) is 5.45. The van der Waals surface area contributed by atoms with Gasteiger partial charge in [-0.2, -0.15) is 0 Å². The molecule has 0 saturated carbocycles. The van der Waals surface area contributed by atoms with Gasteiger partial charge in [-0.25, -0.2) is 4.98 Å². The Morgan fingerprint density at radius 2 is 1.64 bits per heavy atom. The van der Waals surface area contributed by atoms with Gasteiger partial charge in [0.05, 0.1) is 24.9 Å². The second-order valence-corrected chi connectivity index (χ2v) is 11.7. The summed E-state index contributed by atoms with van der Waals surface area (Å²) in [5.41, 5.74) is 2.75. The van der Waals surface area contributed by atoms with E-state index in [1.54, 1.807) is 6.20 Å². The molecule has 0 bridgehead atoms. The molecule has 0 fully saturated rings. The molecule has 0 spiro atoms. The highest BCUT2D eigenvalue weighted by Crippen LogP contribution is 2.23. The van der Waals surface area contributed by atoms with Gasteiger partial charge >= 0.3 is 0 Å². The monoisotopic (exact) mass is 597 g/mol. The first kappa shape index (κ1) is 32.4. The molecule has 3 amide bonds. The SMILES string of the molecule is CC(C)C[C@@H](CO)NC(=O)[C@H](Cc1cnc[nH]1)NC(=O)[C@@H](CC(=O)NCCc1ccccc1)Cc1cccc2ccccc12. The molecule has 3 atom stereocenters. The lowest BCUT2D eigenvalue weighted by Crippen LogP contribution is -2.53. The van der Waals surface area contributed by atoms with Gasteiger partial charge in [-0.05, 0) is 47.1 Å². The predicted molar refractivity (Wildman–Crippen MR) is 172 cm³/mol. The van der Waals surface area contributed by atoms with Crippen molar-refractivity contribution in [2.75, 3.05) is 13.2 Å². The lowest BCUT2D eigenvalue weighted by atomic mass is 9.91. The zero-order valence-corrected chi connectivity index (χ0v) is 25.5. The van der Waals surface area contributed by atoms with Gasteiger partial charge in [-0.15, -0.1) is 0 Å². The van der Waals surface area contributed by atoms with E-state index in [4.69, 9.17) is 0 Å². The van der Waals surface area contributed by atoms with Gasteiger partial charge in [-0.3, -0.25) is 14.4 Å². The van der Waals surface area contributed by atoms with Crippen LogP contribution in [-0.4, -0.2) is 58.0 Å². The van der Waals surface area contributed by atoms with Gasteiger partial charge in [-0.1, -0.05) is 86.6 Å². The summed E-state index contributed by atoms with van der Waals surface area (Å²) in [6.45, 7) is 4.28. The van der Waals surface area contributed by atoms with Gasteiger partial charge in [0.1, 0.15) is 6.04 Å². The molecular weight excluding hydrogens is 554 g/mol. The van der Waals surface area contributed by atoms with Crippen molar-refractivity contribution in [3.05, 3.63) is 102 Å². The number of carbonyl (C=O) groups excluding carboxylic acids is 3. The lowest BCUT2D eigenvalue weighted by Gasteiger charge is -2.25. The van der Waals surface area contributed by atoms with Crippen LogP contribution in [-0.2, 0) is 33.6 Å². The molecule has 5 N–H and O–H groups in total. The molecule has 0 saturated heterocycles. The van der Waals surface area contributed by atoms with Crippen LogP contribution in [0.1, 0.15) is 43.5 Å². The molecule has 0 unspecified atom stereocenters. The molecule has 0 aliphatic heterocycles. The quantitative estimate of drug-likeness (QED) is 0.134. The number of H-pyrrole nitrogens is 1. The minimum atomic E-state index is -0.930. The Labute approximate surface area is 258 Å². The van der Waals surface area contributed by atoms with Crippen LogP contribution in [0.5, 0.6) is 0 Å². The maximum Gasteiger partial charge on any atom is 0.243 e. The highest BCUT2D eigenvalue weighted by atomic mass is 16.3. The van der Waals surface area contributed by atoms with Crippen molar-refractivity contribution in [1.82, 2.24) is 25.9 Å². The standard InChI is InChI=1S/C35H43N5O4/c1-24(2)17-30(22-41)39-35(44)32(20-29-21-36-23-38-29)40-34(43)28(18-27-13-8-12-26-11-6-7-14-31(26)27)19-33(42)37-16-15-25-9-4-3-5-10-25/h3-14,21,23-24,28,30,32,41H,15-20,22H2,1-2H3,(H,36,38)(H,37,42)(H,39,44)(H,40,43)/t28-,30+,32+/m1/s1. The Hall–Kier alpha value is -4.50. The van der Waals surface area contributed by atoms with Crippen LogP contribution in [0.2, 0.25) is 0 Å². The van der Waals surface area contributed by atoms with E-state index in [1.165, 1.54) is 6.33 Å². The molecule has 9 heteroatoms. The number of imidazole rings is 1. The second kappa shape index (κ2) is 16.4. The summed E-state index contributed by atoms with van der Waals surface area (Å²) >= 11 is 0. The number of nitrogens with one attached hydrogen (secondary N) is 4. The molecule has 1 heterocycles. The third-order valence-electron chi connectivity index (χ3n) is 7.66. The number of carbonyl (C=O) groups is 3. The normalized spacial score (nSPS) is 13.3. The first-order valence-corrected chi connectivity index (χ1v) is 15.3. The van der Waals surface area contributed by atoms with Crippen molar-refractivity contribution in [2.45, 2.75) is 58.0 Å². The number of aromatic nitrogens is 2. The van der Waals surface area contributed by atoms with Crippen LogP contribution >= 0.6 is 0 Å². The summed E-state index contributed by atoms with van der Waals surface area (Å²) in [5.74, 6) is -1.48. The van der Waals surface area contributed by atoms with Crippen LogP contribution < -0.4 is 16.0 Å². The number of nitrogens with zero attached hydrogens (tertiary/aromatic N) is 1. The molecule has 0 radical (unpaired) electrons. The number of hydrogen-bond acceptors (Lipinski definition) is 5. The Bertz CT molecular complexity index is 1480. The molecule has 4 aromatic rings. The average molecular weight is 598 g/mol. The molecule has 4 rings (SSSR count). The number of benzene rings is 3. The number of aliphatic hydroxyl groups excluding tert-OH is 1. The van der Waals surface area contributed by atoms with Crippen molar-refractivity contribution in [1.29, 1.82) is 0 Å². The van der Waals surface area contributed by atoms with Gasteiger partial charge in [0.25, 0.3) is 0 Å². The minimum Gasteiger partial charge on any atom is -0.394 e. The van der Waals surface area contributed by atoms with Crippen molar-refractivity contribution < 1.29 is 19.5 Å². The van der Waals surface area contributed by atoms with Gasteiger partial charge in [0, 0.05) is 31.3 Å². The Morgan fingerprint density at radius 1 is 0.886 bits per heavy atom. The van der Waals surface area contributed by atoms with Crippen molar-refractivity contribution >= 4 is 28.5 Å². The fourth-order valence-electron chi connectivity index (χ4n) is 5.45. The van der Waals surface area contributed by atoms with Gasteiger partial charge < -0.3 is 26.0 Å². The number of rotatable bonds is 16. The molecule has 0 aliphatic carbocycles.